The van der Waals surface area contributed by atoms with Crippen LogP contribution in [0.5, 0.6) is 0 Å². The van der Waals surface area contributed by atoms with Gasteiger partial charge in [-0.2, -0.15) is 0 Å². The van der Waals surface area contributed by atoms with Crippen molar-refractivity contribution < 1.29 is 0 Å². The molecule has 0 amide bonds. The first-order chi connectivity index (χ1) is 8.66. The average Bonchev–Trinajstić information content (AvgIpc) is 2.68. The fraction of sp³-hybridized carbons (Fsp3) is 0.800. The van der Waals surface area contributed by atoms with E-state index in [1.54, 1.807) is 0 Å². The van der Waals surface area contributed by atoms with Gasteiger partial charge in [0.1, 0.15) is 11.6 Å². The van der Waals surface area contributed by atoms with Crippen molar-refractivity contribution in [2.45, 2.75) is 70.8 Å². The second-order valence-corrected chi connectivity index (χ2v) is 6.38. The third-order valence-electron chi connectivity index (χ3n) is 4.84. The van der Waals surface area contributed by atoms with Crippen molar-refractivity contribution in [1.29, 1.82) is 0 Å². The zero-order valence-corrected chi connectivity index (χ0v) is 11.7. The first-order valence-corrected chi connectivity index (χ1v) is 7.53. The summed E-state index contributed by atoms with van der Waals surface area (Å²) in [6.07, 6.45) is 8.88. The van der Waals surface area contributed by atoms with Crippen LogP contribution in [0.25, 0.3) is 0 Å². The molecule has 3 rings (SSSR count). The van der Waals surface area contributed by atoms with Crippen molar-refractivity contribution in [2.24, 2.45) is 5.92 Å². The third kappa shape index (κ3) is 1.94. The van der Waals surface area contributed by atoms with Crippen LogP contribution in [-0.2, 0) is 6.42 Å². The lowest BCUT2D eigenvalue weighted by atomic mass is 9.81. The number of fused-ring (bicyclic) bond motifs is 1. The van der Waals surface area contributed by atoms with Crippen molar-refractivity contribution in [1.82, 2.24) is 9.55 Å². The summed E-state index contributed by atoms with van der Waals surface area (Å²) in [6.45, 7) is 4.63. The van der Waals surface area contributed by atoms with Gasteiger partial charge in [-0.3, -0.25) is 0 Å². The minimum atomic E-state index is 0.538. The molecule has 3 nitrogen and oxygen atoms in total. The monoisotopic (exact) mass is 247 g/mol. The molecular formula is C15H25N3. The quantitative estimate of drug-likeness (QED) is 0.823. The Morgan fingerprint density at radius 1 is 1.17 bits per heavy atom. The Kier molecular flexibility index (Phi) is 3.08. The van der Waals surface area contributed by atoms with Gasteiger partial charge in [-0.25, -0.2) is 4.98 Å². The van der Waals surface area contributed by atoms with E-state index in [1.807, 2.05) is 0 Å². The van der Waals surface area contributed by atoms with Crippen LogP contribution < -0.4 is 5.73 Å². The highest BCUT2D eigenvalue weighted by atomic mass is 15.2. The number of imidazole rings is 1. The summed E-state index contributed by atoms with van der Waals surface area (Å²) >= 11 is 0. The second kappa shape index (κ2) is 4.60. The van der Waals surface area contributed by atoms with Crippen molar-refractivity contribution in [3.05, 3.63) is 11.5 Å². The van der Waals surface area contributed by atoms with E-state index in [2.05, 4.69) is 18.4 Å². The first-order valence-electron chi connectivity index (χ1n) is 7.53. The molecule has 0 bridgehead atoms. The molecule has 3 unspecified atom stereocenters. The molecule has 1 saturated carbocycles. The fourth-order valence-electron chi connectivity index (χ4n) is 3.85. The molecule has 1 aromatic rings. The zero-order chi connectivity index (χ0) is 12.7. The summed E-state index contributed by atoms with van der Waals surface area (Å²) in [6, 6.07) is 0.538. The molecule has 1 aromatic heterocycles. The predicted molar refractivity (Wildman–Crippen MR) is 74.7 cm³/mol. The zero-order valence-electron chi connectivity index (χ0n) is 11.7. The normalized spacial score (nSPS) is 32.2. The summed E-state index contributed by atoms with van der Waals surface area (Å²) in [5.74, 6) is 3.65. The van der Waals surface area contributed by atoms with Crippen LogP contribution in [0.4, 0.5) is 5.82 Å². The molecule has 1 fully saturated rings. The number of hydrogen-bond acceptors (Lipinski definition) is 2. The summed E-state index contributed by atoms with van der Waals surface area (Å²) in [5.41, 5.74) is 7.60. The number of aryl methyl sites for hydroxylation is 1. The van der Waals surface area contributed by atoms with Gasteiger partial charge < -0.3 is 10.3 Å². The van der Waals surface area contributed by atoms with Gasteiger partial charge in [0, 0.05) is 18.4 Å². The van der Waals surface area contributed by atoms with Gasteiger partial charge in [0.15, 0.2) is 0 Å². The minimum absolute atomic E-state index is 0.538. The van der Waals surface area contributed by atoms with E-state index in [1.165, 1.54) is 50.0 Å². The summed E-state index contributed by atoms with van der Waals surface area (Å²) < 4.78 is 2.30. The number of nitrogen functional groups attached to an aromatic ring is 1. The van der Waals surface area contributed by atoms with Gasteiger partial charge in [0.2, 0.25) is 0 Å². The molecule has 18 heavy (non-hydrogen) atoms. The molecule has 100 valence electrons. The lowest BCUT2D eigenvalue weighted by Crippen LogP contribution is -2.17. The Balaban J connectivity index is 1.93. The van der Waals surface area contributed by atoms with Crippen LogP contribution in [0.2, 0.25) is 0 Å². The Morgan fingerprint density at radius 2 is 2.00 bits per heavy atom. The highest BCUT2D eigenvalue weighted by Gasteiger charge is 2.29. The Bertz CT molecular complexity index is 435. The van der Waals surface area contributed by atoms with Crippen molar-refractivity contribution in [3.8, 4) is 0 Å². The number of aromatic nitrogens is 2. The largest absolute Gasteiger partial charge is 0.384 e. The van der Waals surface area contributed by atoms with E-state index in [4.69, 9.17) is 10.7 Å². The molecule has 0 aromatic carbocycles. The fourth-order valence-corrected chi connectivity index (χ4v) is 3.85. The summed E-state index contributed by atoms with van der Waals surface area (Å²) in [7, 11) is 0. The lowest BCUT2D eigenvalue weighted by Gasteiger charge is -2.26. The molecule has 2 N–H and O–H groups in total. The smallest absolute Gasteiger partial charge is 0.127 e. The van der Waals surface area contributed by atoms with Crippen LogP contribution in [-0.4, -0.2) is 9.55 Å². The van der Waals surface area contributed by atoms with Crippen molar-refractivity contribution >= 4 is 5.82 Å². The summed E-state index contributed by atoms with van der Waals surface area (Å²) in [4.78, 5) is 4.90. The maximum absolute atomic E-state index is 6.39. The third-order valence-corrected chi connectivity index (χ3v) is 4.84. The summed E-state index contributed by atoms with van der Waals surface area (Å²) in [5, 5.41) is 0. The van der Waals surface area contributed by atoms with Crippen LogP contribution in [0.15, 0.2) is 0 Å². The molecule has 1 aliphatic heterocycles. The number of rotatable bonds is 1. The average molecular weight is 247 g/mol. The van der Waals surface area contributed by atoms with E-state index >= 15 is 0 Å². The minimum Gasteiger partial charge on any atom is -0.384 e. The maximum Gasteiger partial charge on any atom is 0.127 e. The SMILES string of the molecule is CC1CCCC(c2nc3n(c2N)C(C)CCC3)C1. The van der Waals surface area contributed by atoms with Gasteiger partial charge in [0.05, 0.1) is 5.69 Å². The van der Waals surface area contributed by atoms with Crippen molar-refractivity contribution in [3.63, 3.8) is 0 Å². The molecule has 0 spiro atoms. The van der Waals surface area contributed by atoms with E-state index in [-0.39, 0.29) is 0 Å². The molecule has 1 aliphatic carbocycles. The van der Waals surface area contributed by atoms with Crippen LogP contribution in [0.3, 0.4) is 0 Å². The molecule has 0 radical (unpaired) electrons. The predicted octanol–water partition coefficient (Wildman–Crippen LogP) is 3.66. The Hall–Kier alpha value is -0.990. The van der Waals surface area contributed by atoms with E-state index in [0.29, 0.717) is 12.0 Å². The molecular weight excluding hydrogens is 222 g/mol. The first kappa shape index (κ1) is 12.1. The Labute approximate surface area is 110 Å². The van der Waals surface area contributed by atoms with Gasteiger partial charge >= 0.3 is 0 Å². The molecule has 2 aliphatic rings. The molecule has 2 heterocycles. The number of anilines is 1. The van der Waals surface area contributed by atoms with Gasteiger partial charge in [0.25, 0.3) is 0 Å². The standard InChI is InChI=1S/C15H25N3/c1-10-5-3-7-12(9-10)14-15(16)18-11(2)6-4-8-13(18)17-14/h10-12H,3-9,16H2,1-2H3. The second-order valence-electron chi connectivity index (χ2n) is 6.38. The van der Waals surface area contributed by atoms with E-state index in [0.717, 1.165) is 18.2 Å². The highest BCUT2D eigenvalue weighted by molar-refractivity contribution is 5.42. The lowest BCUT2D eigenvalue weighted by molar-refractivity contribution is 0.341. The number of nitrogens with two attached hydrogens (primary N) is 1. The number of hydrogen-bond donors (Lipinski definition) is 1. The van der Waals surface area contributed by atoms with Crippen LogP contribution in [0, 0.1) is 5.92 Å². The maximum atomic E-state index is 6.39. The molecule has 3 heteroatoms. The Morgan fingerprint density at radius 3 is 2.72 bits per heavy atom. The van der Waals surface area contributed by atoms with Gasteiger partial charge in [-0.05, 0) is 38.5 Å². The topological polar surface area (TPSA) is 43.8 Å². The molecule has 3 atom stereocenters. The van der Waals surface area contributed by atoms with Crippen LogP contribution in [0.1, 0.15) is 75.9 Å². The van der Waals surface area contributed by atoms with E-state index < -0.39 is 0 Å². The van der Waals surface area contributed by atoms with Gasteiger partial charge in [-0.1, -0.05) is 19.8 Å². The number of nitrogens with zero attached hydrogens (tertiary/aromatic N) is 2. The van der Waals surface area contributed by atoms with Crippen LogP contribution >= 0.6 is 0 Å². The van der Waals surface area contributed by atoms with Gasteiger partial charge in [-0.15, -0.1) is 0 Å². The van der Waals surface area contributed by atoms with Crippen molar-refractivity contribution in [2.75, 3.05) is 5.73 Å². The highest BCUT2D eigenvalue weighted by Crippen LogP contribution is 2.40. The van der Waals surface area contributed by atoms with E-state index in [9.17, 15) is 0 Å². The molecule has 0 saturated heterocycles.